The molecule has 0 saturated carbocycles. The third-order valence-corrected chi connectivity index (χ3v) is 4.71. The van der Waals surface area contributed by atoms with Crippen molar-refractivity contribution in [1.29, 1.82) is 0 Å². The number of aryl methyl sites for hydroxylation is 1. The van der Waals surface area contributed by atoms with Crippen LogP contribution in [-0.2, 0) is 6.42 Å². The molecule has 0 aliphatic heterocycles. The van der Waals surface area contributed by atoms with Crippen LogP contribution in [0.5, 0.6) is 0 Å². The van der Waals surface area contributed by atoms with Crippen LogP contribution < -0.4 is 10.6 Å². The molecule has 7 heteroatoms. The Hall–Kier alpha value is -2.51. The van der Waals surface area contributed by atoms with Crippen LogP contribution >= 0.6 is 11.3 Å². The summed E-state index contributed by atoms with van der Waals surface area (Å²) in [4.78, 5) is 14.4. The van der Waals surface area contributed by atoms with Crippen molar-refractivity contribution in [2.45, 2.75) is 13.3 Å². The van der Waals surface area contributed by atoms with Gasteiger partial charge in [-0.15, -0.1) is 0 Å². The monoisotopic (exact) mass is 341 g/mol. The fourth-order valence-electron chi connectivity index (χ4n) is 2.30. The van der Waals surface area contributed by atoms with Crippen molar-refractivity contribution in [2.75, 3.05) is 24.3 Å². The van der Waals surface area contributed by atoms with Crippen LogP contribution in [0.25, 0.3) is 10.6 Å². The molecule has 0 saturated heterocycles. The molecule has 3 aromatic rings. The summed E-state index contributed by atoms with van der Waals surface area (Å²) < 4.78 is 0. The Kier molecular flexibility index (Phi) is 5.02. The van der Waals surface area contributed by atoms with E-state index in [2.05, 4.69) is 25.6 Å². The normalized spacial score (nSPS) is 10.6. The van der Waals surface area contributed by atoms with E-state index >= 15 is 0 Å². The van der Waals surface area contributed by atoms with Gasteiger partial charge in [-0.05, 0) is 37.1 Å². The molecular weight excluding hydrogens is 322 g/mol. The summed E-state index contributed by atoms with van der Waals surface area (Å²) in [5.41, 5.74) is 3.80. The van der Waals surface area contributed by atoms with Crippen molar-refractivity contribution in [3.05, 3.63) is 47.8 Å². The zero-order valence-electron chi connectivity index (χ0n) is 13.6. The summed E-state index contributed by atoms with van der Waals surface area (Å²) in [5.74, 6) is 0.543. The molecule has 0 bridgehead atoms. The van der Waals surface area contributed by atoms with Gasteiger partial charge in [0.1, 0.15) is 0 Å². The van der Waals surface area contributed by atoms with E-state index in [0.29, 0.717) is 12.4 Å². The lowest BCUT2D eigenvalue weighted by Gasteiger charge is -2.07. The second-order valence-corrected chi connectivity index (χ2v) is 6.24. The molecule has 0 unspecified atom stereocenters. The van der Waals surface area contributed by atoms with Gasteiger partial charge in [-0.2, -0.15) is 0 Å². The van der Waals surface area contributed by atoms with Gasteiger partial charge in [0.25, 0.3) is 0 Å². The minimum atomic E-state index is 0.154. The van der Waals surface area contributed by atoms with Crippen LogP contribution in [0.1, 0.15) is 11.3 Å². The molecule has 24 heavy (non-hydrogen) atoms. The standard InChI is InChI=1S/C17H19N5OS/c1-11-15(24-17(18-2)20-11)14-7-9-19-16(22-14)21-13-5-3-12(4-6-13)8-10-23/h3-7,9,23H,8,10H2,1-2H3,(H,18,20)(H,19,21,22). The molecule has 6 nitrogen and oxygen atoms in total. The molecule has 3 N–H and O–H groups in total. The third-order valence-electron chi connectivity index (χ3n) is 3.51. The molecule has 0 amide bonds. The molecule has 3 rings (SSSR count). The molecule has 0 atom stereocenters. The first-order chi connectivity index (χ1) is 11.7. The molecule has 124 valence electrons. The molecule has 2 heterocycles. The number of aliphatic hydroxyl groups excluding tert-OH is 1. The Bertz CT molecular complexity index is 816. The average molecular weight is 341 g/mol. The average Bonchev–Trinajstić information content (AvgIpc) is 2.98. The van der Waals surface area contributed by atoms with Crippen LogP contribution in [0.15, 0.2) is 36.5 Å². The molecular formula is C17H19N5OS. The summed E-state index contributed by atoms with van der Waals surface area (Å²) in [6, 6.07) is 9.76. The maximum Gasteiger partial charge on any atom is 0.227 e. The Morgan fingerprint density at radius 3 is 2.58 bits per heavy atom. The zero-order valence-corrected chi connectivity index (χ0v) is 14.4. The molecule has 0 aliphatic rings. The molecule has 0 aliphatic carbocycles. The molecule has 0 radical (unpaired) electrons. The first-order valence-electron chi connectivity index (χ1n) is 7.65. The van der Waals surface area contributed by atoms with Crippen molar-refractivity contribution in [3.63, 3.8) is 0 Å². The van der Waals surface area contributed by atoms with Gasteiger partial charge in [0.05, 0.1) is 16.3 Å². The van der Waals surface area contributed by atoms with Gasteiger partial charge in [0.15, 0.2) is 5.13 Å². The fourth-order valence-corrected chi connectivity index (χ4v) is 3.19. The summed E-state index contributed by atoms with van der Waals surface area (Å²) in [5, 5.41) is 16.1. The number of rotatable bonds is 6. The van der Waals surface area contributed by atoms with Crippen LogP contribution in [0.2, 0.25) is 0 Å². The number of aromatic nitrogens is 3. The molecule has 0 fully saturated rings. The fraction of sp³-hybridized carbons (Fsp3) is 0.235. The Morgan fingerprint density at radius 1 is 1.12 bits per heavy atom. The molecule has 1 aromatic carbocycles. The summed E-state index contributed by atoms with van der Waals surface area (Å²) in [7, 11) is 1.86. The van der Waals surface area contributed by atoms with Crippen LogP contribution in [0.4, 0.5) is 16.8 Å². The van der Waals surface area contributed by atoms with E-state index in [4.69, 9.17) is 5.11 Å². The topological polar surface area (TPSA) is 83.0 Å². The van der Waals surface area contributed by atoms with Gasteiger partial charge < -0.3 is 15.7 Å². The minimum absolute atomic E-state index is 0.154. The maximum atomic E-state index is 8.96. The number of hydrogen-bond acceptors (Lipinski definition) is 7. The highest BCUT2D eigenvalue weighted by Gasteiger charge is 2.11. The lowest BCUT2D eigenvalue weighted by Crippen LogP contribution is -1.98. The van der Waals surface area contributed by atoms with E-state index in [-0.39, 0.29) is 6.61 Å². The van der Waals surface area contributed by atoms with Crippen molar-refractivity contribution in [3.8, 4) is 10.6 Å². The van der Waals surface area contributed by atoms with Gasteiger partial charge in [0.2, 0.25) is 5.95 Å². The van der Waals surface area contributed by atoms with E-state index in [1.54, 1.807) is 17.5 Å². The zero-order chi connectivity index (χ0) is 16.9. The van der Waals surface area contributed by atoms with Crippen molar-refractivity contribution < 1.29 is 5.11 Å². The predicted molar refractivity (Wildman–Crippen MR) is 97.9 cm³/mol. The Balaban J connectivity index is 1.81. The summed E-state index contributed by atoms with van der Waals surface area (Å²) in [6.45, 7) is 2.13. The van der Waals surface area contributed by atoms with Gasteiger partial charge in [0, 0.05) is 25.5 Å². The first-order valence-corrected chi connectivity index (χ1v) is 8.46. The van der Waals surface area contributed by atoms with E-state index in [9.17, 15) is 0 Å². The number of hydrogen-bond donors (Lipinski definition) is 3. The van der Waals surface area contributed by atoms with Crippen molar-refractivity contribution in [1.82, 2.24) is 15.0 Å². The Labute approximate surface area is 144 Å². The van der Waals surface area contributed by atoms with Crippen LogP contribution in [0.3, 0.4) is 0 Å². The number of benzene rings is 1. The highest BCUT2D eigenvalue weighted by atomic mass is 32.1. The van der Waals surface area contributed by atoms with Crippen LogP contribution in [0, 0.1) is 6.92 Å². The second kappa shape index (κ2) is 7.37. The maximum absolute atomic E-state index is 8.96. The first kappa shape index (κ1) is 16.4. The van der Waals surface area contributed by atoms with Crippen molar-refractivity contribution >= 4 is 28.1 Å². The van der Waals surface area contributed by atoms with Gasteiger partial charge in [-0.3, -0.25) is 0 Å². The van der Waals surface area contributed by atoms with E-state index in [1.165, 1.54) is 0 Å². The van der Waals surface area contributed by atoms with E-state index in [1.807, 2.05) is 44.3 Å². The molecule has 0 spiro atoms. The van der Waals surface area contributed by atoms with Crippen LogP contribution in [-0.4, -0.2) is 33.7 Å². The number of nitrogens with zero attached hydrogens (tertiary/aromatic N) is 3. The number of aliphatic hydroxyl groups is 1. The van der Waals surface area contributed by atoms with Crippen molar-refractivity contribution in [2.24, 2.45) is 0 Å². The van der Waals surface area contributed by atoms with Gasteiger partial charge >= 0.3 is 0 Å². The van der Waals surface area contributed by atoms with Gasteiger partial charge in [-0.25, -0.2) is 15.0 Å². The quantitative estimate of drug-likeness (QED) is 0.638. The summed E-state index contributed by atoms with van der Waals surface area (Å²) in [6.07, 6.45) is 2.40. The minimum Gasteiger partial charge on any atom is -0.396 e. The summed E-state index contributed by atoms with van der Waals surface area (Å²) >= 11 is 1.57. The number of anilines is 3. The number of thiazole rings is 1. The lowest BCUT2D eigenvalue weighted by atomic mass is 10.1. The predicted octanol–water partition coefficient (Wildman–Crippen LogP) is 3.23. The van der Waals surface area contributed by atoms with E-state index < -0.39 is 0 Å². The Morgan fingerprint density at radius 2 is 1.92 bits per heavy atom. The SMILES string of the molecule is CNc1nc(C)c(-c2ccnc(Nc3ccc(CCO)cc3)n2)s1. The number of nitrogens with one attached hydrogen (secondary N) is 2. The highest BCUT2D eigenvalue weighted by molar-refractivity contribution is 7.19. The largest absolute Gasteiger partial charge is 0.396 e. The molecule has 2 aromatic heterocycles. The third kappa shape index (κ3) is 3.69. The smallest absolute Gasteiger partial charge is 0.227 e. The lowest BCUT2D eigenvalue weighted by molar-refractivity contribution is 0.299. The highest BCUT2D eigenvalue weighted by Crippen LogP contribution is 2.31. The van der Waals surface area contributed by atoms with E-state index in [0.717, 1.165) is 32.6 Å². The van der Waals surface area contributed by atoms with Gasteiger partial charge in [-0.1, -0.05) is 23.5 Å². The second-order valence-electron chi connectivity index (χ2n) is 5.24.